The van der Waals surface area contributed by atoms with Gasteiger partial charge in [-0.15, -0.1) is 0 Å². The van der Waals surface area contributed by atoms with E-state index in [1.165, 1.54) is 58.3 Å². The van der Waals surface area contributed by atoms with Crippen molar-refractivity contribution in [1.82, 2.24) is 57.7 Å². The zero-order chi connectivity index (χ0) is 62.9. The lowest BCUT2D eigenvalue weighted by atomic mass is 9.95. The second kappa shape index (κ2) is 31.3. The minimum atomic E-state index is -1.65. The highest BCUT2D eigenvalue weighted by Crippen LogP contribution is 2.25. The Labute approximate surface area is 485 Å². The molecule has 25 heteroatoms. The van der Waals surface area contributed by atoms with Crippen LogP contribution in [0.25, 0.3) is 0 Å². The highest BCUT2D eigenvalue weighted by molar-refractivity contribution is 6.01. The second-order valence-electron chi connectivity index (χ2n) is 25.1. The van der Waals surface area contributed by atoms with E-state index in [1.54, 1.807) is 34.6 Å². The molecule has 2 fully saturated rings. The molecule has 0 radical (unpaired) electrons. The van der Waals surface area contributed by atoms with E-state index in [9.17, 15) is 62.6 Å². The number of aliphatic hydroxyl groups excluding tert-OH is 1. The Bertz CT molecular complexity index is 2300. The molecule has 2 saturated heterocycles. The fourth-order valence-corrected chi connectivity index (χ4v) is 9.91. The van der Waals surface area contributed by atoms with Crippen molar-refractivity contribution in [3.8, 4) is 0 Å². The molecule has 10 unspecified atom stereocenters. The average molecular weight is 1160 g/mol. The van der Waals surface area contributed by atoms with Gasteiger partial charge in [0.25, 0.3) is 0 Å². The van der Waals surface area contributed by atoms with Crippen LogP contribution in [0.15, 0.2) is 0 Å². The minimum Gasteiger partial charge on any atom is -0.394 e. The first-order chi connectivity index (χ1) is 37.9. The number of likely N-dealkylation sites (tertiary alicyclic amines) is 2. The molecule has 0 aromatic rings. The molecule has 10 atom stereocenters. The van der Waals surface area contributed by atoms with Crippen LogP contribution in [0.1, 0.15) is 175 Å². The number of hydrogen-bond donors (Lipinski definition) is 11. The van der Waals surface area contributed by atoms with Crippen LogP contribution in [-0.4, -0.2) is 170 Å². The van der Waals surface area contributed by atoms with Crippen molar-refractivity contribution in [3.63, 3.8) is 0 Å². The number of nitrogens with one attached hydrogen (secondary N) is 9. The van der Waals surface area contributed by atoms with Gasteiger partial charge in [0.15, 0.2) is 0 Å². The molecule has 82 heavy (non-hydrogen) atoms. The maximum absolute atomic E-state index is 14.5. The van der Waals surface area contributed by atoms with Gasteiger partial charge in [0.1, 0.15) is 58.9 Å². The van der Waals surface area contributed by atoms with E-state index in [1.807, 2.05) is 34.6 Å². The fourth-order valence-electron chi connectivity index (χ4n) is 9.91. The van der Waals surface area contributed by atoms with Gasteiger partial charge in [0.2, 0.25) is 70.9 Å². The number of amides is 12. The zero-order valence-corrected chi connectivity index (χ0v) is 51.8. The molecule has 0 aliphatic carbocycles. The molecule has 0 aromatic heterocycles. The van der Waals surface area contributed by atoms with Gasteiger partial charge in [0, 0.05) is 26.4 Å². The molecule has 0 bridgehead atoms. The highest BCUT2D eigenvalue weighted by atomic mass is 16.3. The van der Waals surface area contributed by atoms with E-state index in [4.69, 9.17) is 5.73 Å². The SMILES string of the molecule is CCC(C)C(NC(=O)C(CCC(N)=O)NC(=O)C(C)(C)NC(C)=O)C(=O)NC(C(=O)NC(C)(C)C(=O)N1CCCC1C(=O)NC(C(=O)NC(CC(C)C)C(=O)NC(C)(C)C(=O)N1CCCC1C(=O)NC(CO)C(C)C)C(C)CC)C(C)C. The summed E-state index contributed by atoms with van der Waals surface area (Å²) >= 11 is 0. The number of nitrogens with two attached hydrogens (primary N) is 1. The zero-order valence-electron chi connectivity index (χ0n) is 51.8. The third kappa shape index (κ3) is 20.5. The van der Waals surface area contributed by atoms with Crippen LogP contribution in [0.2, 0.25) is 0 Å². The molecule has 466 valence electrons. The maximum Gasteiger partial charge on any atom is 0.248 e. The van der Waals surface area contributed by atoms with E-state index in [0.717, 1.165) is 0 Å². The van der Waals surface area contributed by atoms with E-state index in [2.05, 4.69) is 47.9 Å². The maximum atomic E-state index is 14.5. The monoisotopic (exact) mass is 1160 g/mol. The number of nitrogens with zero attached hydrogens (tertiary/aromatic N) is 2. The van der Waals surface area contributed by atoms with Gasteiger partial charge in [-0.3, -0.25) is 57.5 Å². The van der Waals surface area contributed by atoms with Crippen molar-refractivity contribution in [2.45, 2.75) is 240 Å². The number of hydrogen-bond acceptors (Lipinski definition) is 13. The standard InChI is InChI=1S/C57H100N12O13/c1-18-33(9)43(49(77)59-37(28-30(3)4)46(74)66-56(14,15)53(81)68-26-20-22-39(68)47(75)60-38(29-70)31(5)6)64-48(76)40-23-21-27-69(40)54(82)57(16,17)67-51(79)42(32(7)8)62-50(78)44(34(10)19-2)63-45(73)36(24-25-41(58)72)61-52(80)55(12,13)65-35(11)71/h30-34,36-40,42-44,70H,18-29H2,1-17H3,(H2,58,72)(H,59,77)(H,60,75)(H,61,80)(H,62,78)(H,63,73)(H,64,76)(H,65,71)(H,66,74)(H,67,79). The van der Waals surface area contributed by atoms with Crippen molar-refractivity contribution in [2.75, 3.05) is 19.7 Å². The van der Waals surface area contributed by atoms with Gasteiger partial charge < -0.3 is 68.5 Å². The van der Waals surface area contributed by atoms with Crippen LogP contribution in [0.4, 0.5) is 0 Å². The van der Waals surface area contributed by atoms with Crippen LogP contribution in [-0.2, 0) is 57.5 Å². The van der Waals surface area contributed by atoms with Gasteiger partial charge in [-0.2, -0.15) is 0 Å². The summed E-state index contributed by atoms with van der Waals surface area (Å²) in [4.78, 5) is 166. The summed E-state index contributed by atoms with van der Waals surface area (Å²) in [6.07, 6.45) is 2.05. The van der Waals surface area contributed by atoms with Crippen molar-refractivity contribution in [1.29, 1.82) is 0 Å². The highest BCUT2D eigenvalue weighted by Gasteiger charge is 2.46. The van der Waals surface area contributed by atoms with E-state index in [0.29, 0.717) is 32.1 Å². The lowest BCUT2D eigenvalue weighted by Crippen LogP contribution is -2.64. The first-order valence-electron chi connectivity index (χ1n) is 29.1. The van der Waals surface area contributed by atoms with E-state index in [-0.39, 0.29) is 57.2 Å². The molecule has 12 N–H and O–H groups in total. The lowest BCUT2D eigenvalue weighted by molar-refractivity contribution is -0.146. The van der Waals surface area contributed by atoms with Crippen LogP contribution in [0.3, 0.4) is 0 Å². The average Bonchev–Trinajstić information content (AvgIpc) is 4.29. The molecular formula is C57H100N12O13. The van der Waals surface area contributed by atoms with E-state index < -0.39 is 154 Å². The van der Waals surface area contributed by atoms with Gasteiger partial charge in [0.05, 0.1) is 12.6 Å². The Balaban J connectivity index is 2.31. The Morgan fingerprint density at radius 3 is 1.41 bits per heavy atom. The van der Waals surface area contributed by atoms with Crippen LogP contribution < -0.4 is 53.6 Å². The fraction of sp³-hybridized carbons (Fsp3) is 0.789. The van der Waals surface area contributed by atoms with Gasteiger partial charge in [-0.05, 0) is 110 Å². The largest absolute Gasteiger partial charge is 0.394 e. The summed E-state index contributed by atoms with van der Waals surface area (Å²) in [5.41, 5.74) is 0.749. The second-order valence-corrected chi connectivity index (χ2v) is 25.1. The van der Waals surface area contributed by atoms with Crippen molar-refractivity contribution >= 4 is 70.9 Å². The smallest absolute Gasteiger partial charge is 0.248 e. The Kier molecular flexibility index (Phi) is 27.4. The topological polar surface area (TPSA) is 366 Å². The predicted molar refractivity (Wildman–Crippen MR) is 307 cm³/mol. The summed E-state index contributed by atoms with van der Waals surface area (Å²) in [5, 5.41) is 34.3. The molecule has 25 nitrogen and oxygen atoms in total. The molecule has 2 aliphatic heterocycles. The third-order valence-corrected chi connectivity index (χ3v) is 15.4. The van der Waals surface area contributed by atoms with Gasteiger partial charge >= 0.3 is 0 Å². The molecule has 2 heterocycles. The number of rotatable bonds is 31. The Morgan fingerprint density at radius 1 is 0.537 bits per heavy atom. The van der Waals surface area contributed by atoms with Crippen molar-refractivity contribution in [3.05, 3.63) is 0 Å². The van der Waals surface area contributed by atoms with Gasteiger partial charge in [-0.1, -0.05) is 82.1 Å². The molecule has 0 spiro atoms. The summed E-state index contributed by atoms with van der Waals surface area (Å²) in [5.74, 6) is -9.48. The number of carbonyl (C=O) groups excluding carboxylic acids is 12. The molecule has 2 aliphatic rings. The van der Waals surface area contributed by atoms with Crippen LogP contribution in [0.5, 0.6) is 0 Å². The third-order valence-electron chi connectivity index (χ3n) is 15.4. The molecular weight excluding hydrogens is 1060 g/mol. The predicted octanol–water partition coefficient (Wildman–Crippen LogP) is 0.290. The molecule has 0 aromatic carbocycles. The summed E-state index contributed by atoms with van der Waals surface area (Å²) in [6.45, 7) is 28.0. The number of aliphatic hydroxyl groups is 1. The molecule has 0 saturated carbocycles. The van der Waals surface area contributed by atoms with Crippen molar-refractivity contribution < 1.29 is 62.6 Å². The Morgan fingerprint density at radius 2 is 0.988 bits per heavy atom. The number of carbonyl (C=O) groups is 12. The minimum absolute atomic E-state index is 0.0533. The summed E-state index contributed by atoms with van der Waals surface area (Å²) < 4.78 is 0. The number of primary amides is 1. The van der Waals surface area contributed by atoms with Crippen molar-refractivity contribution in [2.24, 2.45) is 35.3 Å². The summed E-state index contributed by atoms with van der Waals surface area (Å²) in [6, 6.07) is -8.54. The Hall–Kier alpha value is -6.40. The first kappa shape index (κ1) is 71.7. The molecule has 2 rings (SSSR count). The van der Waals surface area contributed by atoms with Gasteiger partial charge in [-0.25, -0.2) is 0 Å². The lowest BCUT2D eigenvalue weighted by Gasteiger charge is -2.36. The quantitative estimate of drug-likeness (QED) is 0.0445. The van der Waals surface area contributed by atoms with Crippen LogP contribution >= 0.6 is 0 Å². The van der Waals surface area contributed by atoms with E-state index >= 15 is 0 Å². The first-order valence-corrected chi connectivity index (χ1v) is 29.1. The van der Waals surface area contributed by atoms with Crippen LogP contribution in [0, 0.1) is 29.6 Å². The summed E-state index contributed by atoms with van der Waals surface area (Å²) in [7, 11) is 0. The normalized spacial score (nSPS) is 18.6. The molecule has 12 amide bonds.